The molecule has 0 bridgehead atoms. The van der Waals surface area contributed by atoms with Gasteiger partial charge in [0.1, 0.15) is 35.5 Å². The lowest BCUT2D eigenvalue weighted by atomic mass is 9.85. The normalized spacial score (nSPS) is 24.3. The number of hydrogen-bond donors (Lipinski definition) is 2. The van der Waals surface area contributed by atoms with E-state index in [-0.39, 0.29) is 66.1 Å². The summed E-state index contributed by atoms with van der Waals surface area (Å²) < 4.78 is 27.9. The van der Waals surface area contributed by atoms with Crippen molar-refractivity contribution in [1.29, 1.82) is 5.26 Å². The van der Waals surface area contributed by atoms with Gasteiger partial charge < -0.3 is 19.7 Å². The van der Waals surface area contributed by atoms with Gasteiger partial charge in [-0.05, 0) is 89.0 Å². The number of halogens is 2. The van der Waals surface area contributed by atoms with Gasteiger partial charge in [0.15, 0.2) is 11.6 Å². The summed E-state index contributed by atoms with van der Waals surface area (Å²) in [7, 11) is 0. The number of hydrogen-bond acceptors (Lipinski definition) is 12. The van der Waals surface area contributed by atoms with Crippen LogP contribution in [0.15, 0.2) is 42.7 Å². The highest BCUT2D eigenvalue weighted by atomic mass is 35.5. The van der Waals surface area contributed by atoms with E-state index in [0.717, 1.165) is 68.9 Å². The van der Waals surface area contributed by atoms with E-state index < -0.39 is 41.1 Å². The van der Waals surface area contributed by atoms with Crippen molar-refractivity contribution in [2.45, 2.75) is 114 Å². The molecular formula is C44H48ClFN8O7. The fourth-order valence-corrected chi connectivity index (χ4v) is 9.35. The SMILES string of the molecule is CC(C)N(CC1CCN(c2cnc(C(=O)NC3CCC(Oc4ccc(C#N)c(Cl)c4)CC3)cn2)CC1)C1CC(Oc2ccc3c(c2F)C(=O)N(C2CCC(=O)NC2=O)C3=O)C1. The lowest BCUT2D eigenvalue weighted by Crippen LogP contribution is -2.54. The van der Waals surface area contributed by atoms with E-state index in [9.17, 15) is 24.0 Å². The van der Waals surface area contributed by atoms with Crippen molar-refractivity contribution in [2.24, 2.45) is 5.92 Å². The molecule has 2 N–H and O–H groups in total. The van der Waals surface area contributed by atoms with Gasteiger partial charge in [-0.2, -0.15) is 5.26 Å². The minimum absolute atomic E-state index is 0.00328. The molecule has 1 atom stereocenters. The number of imide groups is 2. The van der Waals surface area contributed by atoms with Crippen LogP contribution in [-0.2, 0) is 9.59 Å². The van der Waals surface area contributed by atoms with E-state index in [0.29, 0.717) is 35.1 Å². The van der Waals surface area contributed by atoms with Gasteiger partial charge >= 0.3 is 0 Å². The average Bonchev–Trinajstić information content (AvgIpc) is 3.48. The Labute approximate surface area is 357 Å². The molecular weight excluding hydrogens is 807 g/mol. The van der Waals surface area contributed by atoms with E-state index >= 15 is 4.39 Å². The molecule has 2 saturated heterocycles. The van der Waals surface area contributed by atoms with Gasteiger partial charge in [-0.25, -0.2) is 14.4 Å². The number of carbonyl (C=O) groups excluding carboxylic acids is 5. The Morgan fingerprint density at radius 3 is 2.39 bits per heavy atom. The van der Waals surface area contributed by atoms with Gasteiger partial charge in [-0.1, -0.05) is 11.6 Å². The van der Waals surface area contributed by atoms with Crippen LogP contribution in [0.3, 0.4) is 0 Å². The highest BCUT2D eigenvalue weighted by molar-refractivity contribution is 6.31. The van der Waals surface area contributed by atoms with Gasteiger partial charge in [0.25, 0.3) is 17.7 Å². The number of aromatic nitrogens is 2. The third-order valence-corrected chi connectivity index (χ3v) is 13.0. The van der Waals surface area contributed by atoms with Crippen LogP contribution in [0.1, 0.15) is 115 Å². The summed E-state index contributed by atoms with van der Waals surface area (Å²) in [5.74, 6) is -2.34. The summed E-state index contributed by atoms with van der Waals surface area (Å²) in [6.07, 6.45) is 9.30. The molecule has 17 heteroatoms. The van der Waals surface area contributed by atoms with Gasteiger partial charge in [0.2, 0.25) is 11.8 Å². The average molecular weight is 855 g/mol. The third kappa shape index (κ3) is 8.90. The summed E-state index contributed by atoms with van der Waals surface area (Å²) >= 11 is 6.15. The molecule has 4 heterocycles. The minimum Gasteiger partial charge on any atom is -0.490 e. The summed E-state index contributed by atoms with van der Waals surface area (Å²) in [5, 5.41) is 14.7. The molecule has 1 unspecified atom stereocenters. The molecule has 61 heavy (non-hydrogen) atoms. The molecule has 4 fully saturated rings. The molecule has 0 spiro atoms. The predicted molar refractivity (Wildman–Crippen MR) is 220 cm³/mol. The minimum atomic E-state index is -1.18. The molecule has 3 aliphatic heterocycles. The molecule has 15 nitrogen and oxygen atoms in total. The van der Waals surface area contributed by atoms with E-state index in [1.54, 1.807) is 24.4 Å². The van der Waals surface area contributed by atoms with Crippen molar-refractivity contribution in [3.63, 3.8) is 0 Å². The van der Waals surface area contributed by atoms with E-state index in [1.165, 1.54) is 18.3 Å². The van der Waals surface area contributed by atoms with Crippen LogP contribution < -0.4 is 25.0 Å². The number of carbonyl (C=O) groups is 5. The first-order chi connectivity index (χ1) is 29.4. The fraction of sp³-hybridized carbons (Fsp3) is 0.500. The second-order valence-corrected chi connectivity index (χ2v) is 17.3. The van der Waals surface area contributed by atoms with Crippen LogP contribution in [-0.4, -0.2) is 105 Å². The van der Waals surface area contributed by atoms with Crippen LogP contribution in [0, 0.1) is 23.1 Å². The molecule has 5 amide bonds. The highest BCUT2D eigenvalue weighted by Gasteiger charge is 2.47. The van der Waals surface area contributed by atoms with E-state index in [4.69, 9.17) is 26.3 Å². The van der Waals surface area contributed by atoms with Crippen molar-refractivity contribution >= 4 is 47.0 Å². The zero-order valence-electron chi connectivity index (χ0n) is 34.1. The Hall–Kier alpha value is -5.66. The molecule has 0 radical (unpaired) electrons. The van der Waals surface area contributed by atoms with Crippen LogP contribution in [0.4, 0.5) is 10.2 Å². The maximum Gasteiger partial charge on any atom is 0.271 e. The second-order valence-electron chi connectivity index (χ2n) is 16.9. The van der Waals surface area contributed by atoms with Crippen molar-refractivity contribution in [3.05, 3.63) is 75.9 Å². The number of piperidine rings is 2. The summed E-state index contributed by atoms with van der Waals surface area (Å²) in [4.78, 5) is 77.9. The number of ether oxygens (including phenoxy) is 2. The molecule has 2 aliphatic carbocycles. The molecule has 320 valence electrons. The maximum absolute atomic E-state index is 15.8. The number of amides is 5. The van der Waals surface area contributed by atoms with Gasteiger partial charge in [0, 0.05) is 63.1 Å². The maximum atomic E-state index is 15.8. The number of benzene rings is 2. The monoisotopic (exact) mass is 854 g/mol. The molecule has 2 aromatic carbocycles. The first-order valence-electron chi connectivity index (χ1n) is 21.1. The predicted octanol–water partition coefficient (Wildman–Crippen LogP) is 5.20. The van der Waals surface area contributed by atoms with Crippen LogP contribution in [0.2, 0.25) is 5.02 Å². The number of nitrogens with zero attached hydrogens (tertiary/aromatic N) is 6. The van der Waals surface area contributed by atoms with Crippen molar-refractivity contribution in [1.82, 2.24) is 30.4 Å². The molecule has 1 aromatic heterocycles. The van der Waals surface area contributed by atoms with Gasteiger partial charge in [-0.15, -0.1) is 0 Å². The zero-order chi connectivity index (χ0) is 42.9. The molecule has 8 rings (SSSR count). The lowest BCUT2D eigenvalue weighted by molar-refractivity contribution is -0.136. The number of nitrogens with one attached hydrogen (secondary N) is 2. The highest BCUT2D eigenvalue weighted by Crippen LogP contribution is 2.38. The van der Waals surface area contributed by atoms with E-state index in [2.05, 4.69) is 44.2 Å². The van der Waals surface area contributed by atoms with Crippen molar-refractivity contribution in [2.75, 3.05) is 24.5 Å². The fourth-order valence-electron chi connectivity index (χ4n) is 9.14. The van der Waals surface area contributed by atoms with Crippen LogP contribution in [0.5, 0.6) is 11.5 Å². The molecule has 3 aromatic rings. The molecule has 5 aliphatic rings. The second kappa shape index (κ2) is 17.7. The van der Waals surface area contributed by atoms with Crippen LogP contribution >= 0.6 is 11.6 Å². The van der Waals surface area contributed by atoms with Crippen LogP contribution in [0.25, 0.3) is 0 Å². The summed E-state index contributed by atoms with van der Waals surface area (Å²) in [6, 6.07) is 9.19. The van der Waals surface area contributed by atoms with Gasteiger partial charge in [0.05, 0.1) is 40.2 Å². The Morgan fingerprint density at radius 2 is 1.74 bits per heavy atom. The first kappa shape index (κ1) is 42.0. The summed E-state index contributed by atoms with van der Waals surface area (Å²) in [6.45, 7) is 6.87. The van der Waals surface area contributed by atoms with E-state index in [1.807, 2.05) is 6.07 Å². The topological polar surface area (TPSA) is 187 Å². The Bertz CT molecular complexity index is 2250. The number of anilines is 1. The quantitative estimate of drug-likeness (QED) is 0.227. The largest absolute Gasteiger partial charge is 0.490 e. The summed E-state index contributed by atoms with van der Waals surface area (Å²) in [5.41, 5.74) is 0.152. The van der Waals surface area contributed by atoms with Crippen molar-refractivity contribution < 1.29 is 37.8 Å². The molecule has 2 saturated carbocycles. The third-order valence-electron chi connectivity index (χ3n) is 12.7. The van der Waals surface area contributed by atoms with Crippen molar-refractivity contribution in [3.8, 4) is 17.6 Å². The standard InChI is InChI=1S/C44H48ClFN8O7/c1-24(2)53(28-17-31(18-28)61-36-11-9-32-39(40(36)46)44(59)54(43(32)58)35-10-12-38(55)51-42(35)57)23-25-13-15-52(16-14-25)37-22-48-34(21-49-37)41(56)50-27-4-7-29(8-5-27)60-30-6-3-26(20-47)33(45)19-30/h3,6,9,11,19,21-22,24-25,27-29,31,35H,4-5,7-8,10,12-18,23H2,1-2H3,(H,50,56)(H,51,55,57). The first-order valence-corrected chi connectivity index (χ1v) is 21.4. The Balaban J connectivity index is 0.771. The lowest BCUT2D eigenvalue weighted by Gasteiger charge is -2.46. The number of nitriles is 1. The van der Waals surface area contributed by atoms with Gasteiger partial charge in [-0.3, -0.25) is 39.1 Å². The Kier molecular flexibility index (Phi) is 12.2. The smallest absolute Gasteiger partial charge is 0.271 e. The Morgan fingerprint density at radius 1 is 0.984 bits per heavy atom. The zero-order valence-corrected chi connectivity index (χ0v) is 34.8. The number of rotatable bonds is 12. The number of fused-ring (bicyclic) bond motifs is 1.